The van der Waals surface area contributed by atoms with Crippen LogP contribution in [0.2, 0.25) is 0 Å². The van der Waals surface area contributed by atoms with Gasteiger partial charge in [-0.25, -0.2) is 4.68 Å². The molecule has 0 saturated carbocycles. The number of nitrogens with zero attached hydrogens (tertiary/aromatic N) is 3. The van der Waals surface area contributed by atoms with Gasteiger partial charge in [-0.1, -0.05) is 12.5 Å². The lowest BCUT2D eigenvalue weighted by Gasteiger charge is -2.31. The zero-order chi connectivity index (χ0) is 19.0. The first-order valence-electron chi connectivity index (χ1n) is 9.68. The molecule has 1 N–H and O–H groups in total. The van der Waals surface area contributed by atoms with Gasteiger partial charge in [0.25, 0.3) is 0 Å². The van der Waals surface area contributed by atoms with E-state index in [0.29, 0.717) is 5.69 Å². The van der Waals surface area contributed by atoms with Crippen molar-refractivity contribution in [2.45, 2.75) is 50.7 Å². The van der Waals surface area contributed by atoms with Gasteiger partial charge in [0.05, 0.1) is 23.0 Å². The monoisotopic (exact) mass is 378 g/mol. The van der Waals surface area contributed by atoms with Crippen molar-refractivity contribution < 1.29 is 13.2 Å². The first kappa shape index (κ1) is 18.3. The normalized spacial score (nSPS) is 21.4. The van der Waals surface area contributed by atoms with Gasteiger partial charge in [-0.05, 0) is 63.9 Å². The quantitative estimate of drug-likeness (QED) is 0.815. The Bertz CT molecular complexity index is 812. The highest BCUT2D eigenvalue weighted by atomic mass is 19.4. The topological polar surface area (TPSA) is 33.1 Å². The van der Waals surface area contributed by atoms with Crippen molar-refractivity contribution in [3.05, 3.63) is 41.1 Å². The van der Waals surface area contributed by atoms with E-state index in [1.54, 1.807) is 10.7 Å². The van der Waals surface area contributed by atoms with Crippen LogP contribution in [-0.2, 0) is 12.6 Å². The summed E-state index contributed by atoms with van der Waals surface area (Å²) in [4.78, 5) is 2.33. The van der Waals surface area contributed by atoms with Crippen LogP contribution in [-0.4, -0.2) is 34.8 Å². The SMILES string of the molecule is CN1CCCCC1c1nn(-c2cccc(C(F)(F)F)c2)c2c1CCCCN2. The molecule has 1 saturated heterocycles. The van der Waals surface area contributed by atoms with E-state index in [1.807, 2.05) is 0 Å². The molecule has 2 aliphatic rings. The average Bonchev–Trinajstić information content (AvgIpc) is 2.83. The third kappa shape index (κ3) is 3.57. The molecule has 27 heavy (non-hydrogen) atoms. The van der Waals surface area contributed by atoms with Gasteiger partial charge in [0, 0.05) is 12.1 Å². The Morgan fingerprint density at radius 1 is 1.15 bits per heavy atom. The third-order valence-electron chi connectivity index (χ3n) is 5.66. The second-order valence-electron chi connectivity index (χ2n) is 7.55. The first-order valence-corrected chi connectivity index (χ1v) is 9.68. The fraction of sp³-hybridized carbons (Fsp3) is 0.550. The summed E-state index contributed by atoms with van der Waals surface area (Å²) in [5, 5.41) is 8.27. The summed E-state index contributed by atoms with van der Waals surface area (Å²) < 4.78 is 41.2. The maximum absolute atomic E-state index is 13.2. The standard InChI is InChI=1S/C20H25F3N4/c1-26-12-5-3-10-17(26)18-16-9-2-4-11-24-19(16)27(25-18)15-8-6-7-14(13-15)20(21,22)23/h6-8,13,17,24H,2-5,9-12H2,1H3. The smallest absolute Gasteiger partial charge is 0.370 e. The van der Waals surface area contributed by atoms with E-state index in [0.717, 1.165) is 62.8 Å². The molecule has 4 nitrogen and oxygen atoms in total. The number of alkyl halides is 3. The third-order valence-corrected chi connectivity index (χ3v) is 5.66. The lowest BCUT2D eigenvalue weighted by atomic mass is 9.96. The lowest BCUT2D eigenvalue weighted by Crippen LogP contribution is -2.30. The summed E-state index contributed by atoms with van der Waals surface area (Å²) in [6.07, 6.45) is 2.06. The van der Waals surface area contributed by atoms with Crippen LogP contribution in [0, 0.1) is 0 Å². The largest absolute Gasteiger partial charge is 0.416 e. The number of nitrogens with one attached hydrogen (secondary N) is 1. The average molecular weight is 378 g/mol. The van der Waals surface area contributed by atoms with E-state index in [-0.39, 0.29) is 6.04 Å². The number of anilines is 1. The van der Waals surface area contributed by atoms with E-state index in [4.69, 9.17) is 5.10 Å². The molecule has 0 spiro atoms. The lowest BCUT2D eigenvalue weighted by molar-refractivity contribution is -0.137. The van der Waals surface area contributed by atoms with Gasteiger partial charge in [-0.3, -0.25) is 4.90 Å². The van der Waals surface area contributed by atoms with Crippen LogP contribution in [0.25, 0.3) is 5.69 Å². The van der Waals surface area contributed by atoms with Crippen LogP contribution in [0.4, 0.5) is 19.0 Å². The molecule has 1 unspecified atom stereocenters. The Morgan fingerprint density at radius 3 is 2.78 bits per heavy atom. The van der Waals surface area contributed by atoms with E-state index in [9.17, 15) is 13.2 Å². The minimum atomic E-state index is -4.36. The number of likely N-dealkylation sites (tertiary alicyclic amines) is 1. The Hall–Kier alpha value is -2.02. The summed E-state index contributed by atoms with van der Waals surface area (Å²) in [5.74, 6) is 0.862. The highest BCUT2D eigenvalue weighted by Gasteiger charge is 2.32. The second-order valence-corrected chi connectivity index (χ2v) is 7.55. The van der Waals surface area contributed by atoms with Gasteiger partial charge in [-0.15, -0.1) is 0 Å². The molecule has 0 bridgehead atoms. The number of hydrogen-bond donors (Lipinski definition) is 1. The van der Waals surface area contributed by atoms with Crippen LogP contribution in [0.1, 0.15) is 55.0 Å². The van der Waals surface area contributed by atoms with Crippen LogP contribution in [0.3, 0.4) is 0 Å². The molecular weight excluding hydrogens is 353 g/mol. The Balaban J connectivity index is 1.82. The van der Waals surface area contributed by atoms with Crippen molar-refractivity contribution >= 4 is 5.82 Å². The molecule has 4 rings (SSSR count). The molecule has 146 valence electrons. The van der Waals surface area contributed by atoms with Crippen LogP contribution in [0.15, 0.2) is 24.3 Å². The minimum absolute atomic E-state index is 0.236. The molecular formula is C20H25F3N4. The fourth-order valence-electron chi connectivity index (χ4n) is 4.22. The molecule has 3 heterocycles. The van der Waals surface area contributed by atoms with Crippen molar-refractivity contribution in [3.63, 3.8) is 0 Å². The summed E-state index contributed by atoms with van der Waals surface area (Å²) in [6.45, 7) is 1.85. The van der Waals surface area contributed by atoms with Crippen molar-refractivity contribution in [2.24, 2.45) is 0 Å². The second kappa shape index (κ2) is 7.19. The fourth-order valence-corrected chi connectivity index (χ4v) is 4.22. The van der Waals surface area contributed by atoms with Gasteiger partial charge in [-0.2, -0.15) is 18.3 Å². The molecule has 1 atom stereocenters. The van der Waals surface area contributed by atoms with E-state index < -0.39 is 11.7 Å². The number of benzene rings is 1. The van der Waals surface area contributed by atoms with Gasteiger partial charge < -0.3 is 5.32 Å². The van der Waals surface area contributed by atoms with Crippen molar-refractivity contribution in [1.29, 1.82) is 0 Å². The number of aromatic nitrogens is 2. The van der Waals surface area contributed by atoms with Crippen LogP contribution < -0.4 is 5.32 Å². The van der Waals surface area contributed by atoms with Crippen LogP contribution in [0.5, 0.6) is 0 Å². The Morgan fingerprint density at radius 2 is 2.00 bits per heavy atom. The zero-order valence-corrected chi connectivity index (χ0v) is 15.5. The van der Waals surface area contributed by atoms with Gasteiger partial charge in [0.1, 0.15) is 5.82 Å². The number of piperidine rings is 1. The zero-order valence-electron chi connectivity index (χ0n) is 15.5. The van der Waals surface area contributed by atoms with Gasteiger partial charge in [0.15, 0.2) is 0 Å². The minimum Gasteiger partial charge on any atom is -0.370 e. The predicted octanol–water partition coefficient (Wildman–Crippen LogP) is 4.80. The molecule has 1 aromatic heterocycles. The first-order chi connectivity index (χ1) is 12.9. The highest BCUT2D eigenvalue weighted by molar-refractivity contribution is 5.55. The maximum atomic E-state index is 13.2. The molecule has 1 aromatic carbocycles. The maximum Gasteiger partial charge on any atom is 0.416 e. The number of rotatable bonds is 2. The van der Waals surface area contributed by atoms with E-state index in [2.05, 4.69) is 17.3 Å². The Labute approximate surface area is 157 Å². The summed E-state index contributed by atoms with van der Waals surface area (Å²) in [6, 6.07) is 5.68. The Kier molecular flexibility index (Phi) is 4.88. The van der Waals surface area contributed by atoms with Gasteiger partial charge >= 0.3 is 6.18 Å². The molecule has 2 aromatic rings. The van der Waals surface area contributed by atoms with Crippen molar-refractivity contribution in [3.8, 4) is 5.69 Å². The predicted molar refractivity (Wildman–Crippen MR) is 99.2 cm³/mol. The number of halogens is 3. The number of fused-ring (bicyclic) bond motifs is 1. The summed E-state index contributed by atoms with van der Waals surface area (Å²) in [5.41, 5.74) is 2.01. The van der Waals surface area contributed by atoms with Gasteiger partial charge in [0.2, 0.25) is 0 Å². The molecule has 0 aliphatic carbocycles. The molecule has 0 radical (unpaired) electrons. The molecule has 7 heteroatoms. The molecule has 1 fully saturated rings. The van der Waals surface area contributed by atoms with E-state index in [1.165, 1.54) is 24.1 Å². The molecule has 2 aliphatic heterocycles. The summed E-state index contributed by atoms with van der Waals surface area (Å²) >= 11 is 0. The number of hydrogen-bond acceptors (Lipinski definition) is 3. The molecule has 0 amide bonds. The van der Waals surface area contributed by atoms with E-state index >= 15 is 0 Å². The van der Waals surface area contributed by atoms with Crippen molar-refractivity contribution in [1.82, 2.24) is 14.7 Å². The highest BCUT2D eigenvalue weighted by Crippen LogP contribution is 2.38. The van der Waals surface area contributed by atoms with Crippen LogP contribution >= 0.6 is 0 Å². The van der Waals surface area contributed by atoms with Crippen molar-refractivity contribution in [2.75, 3.05) is 25.5 Å². The summed E-state index contributed by atoms with van der Waals surface area (Å²) in [7, 11) is 2.11.